The molecule has 3 aromatic carbocycles. The Bertz CT molecular complexity index is 863. The topological polar surface area (TPSA) is 38.3 Å². The van der Waals surface area contributed by atoms with Crippen LogP contribution in [0.5, 0.6) is 5.75 Å². The number of halogens is 1. The summed E-state index contributed by atoms with van der Waals surface area (Å²) in [5.74, 6) is 0.329. The van der Waals surface area contributed by atoms with Crippen LogP contribution in [0.1, 0.15) is 12.5 Å². The predicted molar refractivity (Wildman–Crippen MR) is 97.3 cm³/mol. The summed E-state index contributed by atoms with van der Waals surface area (Å²) in [5, 5.41) is 5.73. The van der Waals surface area contributed by atoms with E-state index in [9.17, 15) is 4.79 Å². The third kappa shape index (κ3) is 3.87. The first-order valence-electron chi connectivity index (χ1n) is 7.80. The van der Waals surface area contributed by atoms with Crippen molar-refractivity contribution in [3.8, 4) is 5.75 Å². The van der Waals surface area contributed by atoms with Gasteiger partial charge in [-0.25, -0.2) is 0 Å². The molecular weight excluding hydrogens is 322 g/mol. The molecule has 0 heterocycles. The molecule has 0 bridgehead atoms. The van der Waals surface area contributed by atoms with Gasteiger partial charge in [0.05, 0.1) is 5.02 Å². The van der Waals surface area contributed by atoms with Crippen molar-refractivity contribution in [2.45, 2.75) is 19.6 Å². The van der Waals surface area contributed by atoms with Crippen LogP contribution in [0, 0.1) is 0 Å². The van der Waals surface area contributed by atoms with E-state index in [0.717, 1.165) is 10.9 Å². The summed E-state index contributed by atoms with van der Waals surface area (Å²) in [4.78, 5) is 12.2. The van der Waals surface area contributed by atoms with Gasteiger partial charge in [-0.2, -0.15) is 0 Å². The number of fused-ring (bicyclic) bond motifs is 1. The SMILES string of the molecule is C[C@@H](Oc1ccccc1Cl)C(=O)NCc1ccc2ccccc2c1. The molecule has 0 aromatic heterocycles. The Balaban J connectivity index is 1.60. The highest BCUT2D eigenvalue weighted by Crippen LogP contribution is 2.24. The molecule has 0 saturated heterocycles. The fourth-order valence-corrected chi connectivity index (χ4v) is 2.65. The first kappa shape index (κ1) is 16.3. The van der Waals surface area contributed by atoms with E-state index in [1.807, 2.05) is 30.3 Å². The monoisotopic (exact) mass is 339 g/mol. The highest BCUT2D eigenvalue weighted by molar-refractivity contribution is 6.32. The lowest BCUT2D eigenvalue weighted by Gasteiger charge is -2.15. The van der Waals surface area contributed by atoms with Crippen molar-refractivity contribution in [1.82, 2.24) is 5.32 Å². The summed E-state index contributed by atoms with van der Waals surface area (Å²) in [5.41, 5.74) is 1.05. The van der Waals surface area contributed by atoms with Crippen LogP contribution in [0.25, 0.3) is 10.8 Å². The van der Waals surface area contributed by atoms with Crippen molar-refractivity contribution < 1.29 is 9.53 Å². The van der Waals surface area contributed by atoms with E-state index < -0.39 is 6.10 Å². The van der Waals surface area contributed by atoms with Crippen molar-refractivity contribution in [3.05, 3.63) is 77.3 Å². The molecule has 122 valence electrons. The van der Waals surface area contributed by atoms with Gasteiger partial charge in [0.1, 0.15) is 5.75 Å². The Morgan fingerprint density at radius 3 is 2.54 bits per heavy atom. The summed E-state index contributed by atoms with van der Waals surface area (Å²) in [6.07, 6.45) is -0.620. The standard InChI is InChI=1S/C20H18ClNO2/c1-14(24-19-9-5-4-8-18(19)21)20(23)22-13-15-10-11-16-6-2-3-7-17(16)12-15/h2-12,14H,13H2,1H3,(H,22,23)/t14-/m1/s1. The number of rotatable bonds is 5. The molecule has 0 aliphatic heterocycles. The Labute approximate surface area is 146 Å². The molecule has 24 heavy (non-hydrogen) atoms. The molecule has 3 aromatic rings. The van der Waals surface area contributed by atoms with E-state index >= 15 is 0 Å². The second-order valence-electron chi connectivity index (χ2n) is 5.59. The van der Waals surface area contributed by atoms with Gasteiger partial charge in [0.2, 0.25) is 0 Å². The van der Waals surface area contributed by atoms with Gasteiger partial charge in [-0.3, -0.25) is 4.79 Å². The summed E-state index contributed by atoms with van der Waals surface area (Å²) >= 11 is 6.04. The smallest absolute Gasteiger partial charge is 0.261 e. The molecule has 1 amide bonds. The molecular formula is C20H18ClNO2. The third-order valence-corrected chi connectivity index (χ3v) is 4.10. The molecule has 3 rings (SSSR count). The Morgan fingerprint density at radius 1 is 1.04 bits per heavy atom. The largest absolute Gasteiger partial charge is 0.479 e. The quantitative estimate of drug-likeness (QED) is 0.739. The van der Waals surface area contributed by atoms with E-state index in [0.29, 0.717) is 17.3 Å². The maximum absolute atomic E-state index is 12.2. The second kappa shape index (κ2) is 7.37. The minimum absolute atomic E-state index is 0.178. The van der Waals surface area contributed by atoms with Gasteiger partial charge in [0, 0.05) is 6.54 Å². The number of carbonyl (C=O) groups excluding carboxylic acids is 1. The van der Waals surface area contributed by atoms with Gasteiger partial charge in [-0.15, -0.1) is 0 Å². The van der Waals surface area contributed by atoms with Gasteiger partial charge in [0.25, 0.3) is 5.91 Å². The number of amides is 1. The van der Waals surface area contributed by atoms with Crippen LogP contribution < -0.4 is 10.1 Å². The fraction of sp³-hybridized carbons (Fsp3) is 0.150. The van der Waals surface area contributed by atoms with Crippen molar-refractivity contribution in [3.63, 3.8) is 0 Å². The fourth-order valence-electron chi connectivity index (χ4n) is 2.47. The lowest BCUT2D eigenvalue weighted by atomic mass is 10.1. The van der Waals surface area contributed by atoms with Crippen molar-refractivity contribution in [1.29, 1.82) is 0 Å². The number of ether oxygens (including phenoxy) is 1. The first-order valence-corrected chi connectivity index (χ1v) is 8.18. The number of benzene rings is 3. The van der Waals surface area contributed by atoms with E-state index in [-0.39, 0.29) is 5.91 Å². The highest BCUT2D eigenvalue weighted by Gasteiger charge is 2.15. The van der Waals surface area contributed by atoms with Gasteiger partial charge < -0.3 is 10.1 Å². The maximum atomic E-state index is 12.2. The van der Waals surface area contributed by atoms with Crippen LogP contribution in [0.3, 0.4) is 0 Å². The predicted octanol–water partition coefficient (Wildman–Crippen LogP) is 4.58. The first-order chi connectivity index (χ1) is 11.6. The molecule has 0 unspecified atom stereocenters. The lowest BCUT2D eigenvalue weighted by molar-refractivity contribution is -0.127. The maximum Gasteiger partial charge on any atom is 0.261 e. The molecule has 0 aliphatic rings. The highest BCUT2D eigenvalue weighted by atomic mass is 35.5. The molecule has 1 atom stereocenters. The Kier molecular flexibility index (Phi) is 5.02. The average Bonchev–Trinajstić information content (AvgIpc) is 2.61. The van der Waals surface area contributed by atoms with Gasteiger partial charge in [-0.1, -0.05) is 60.1 Å². The minimum Gasteiger partial charge on any atom is -0.479 e. The number of hydrogen-bond acceptors (Lipinski definition) is 2. The van der Waals surface area contributed by atoms with Crippen LogP contribution in [0.4, 0.5) is 0 Å². The second-order valence-corrected chi connectivity index (χ2v) is 6.00. The van der Waals surface area contributed by atoms with Crippen LogP contribution in [-0.4, -0.2) is 12.0 Å². The number of para-hydroxylation sites is 1. The van der Waals surface area contributed by atoms with E-state index in [1.165, 1.54) is 5.39 Å². The van der Waals surface area contributed by atoms with E-state index in [2.05, 4.69) is 29.6 Å². The van der Waals surface area contributed by atoms with Crippen molar-refractivity contribution in [2.24, 2.45) is 0 Å². The molecule has 4 heteroatoms. The summed E-state index contributed by atoms with van der Waals surface area (Å²) in [6, 6.07) is 21.4. The summed E-state index contributed by atoms with van der Waals surface area (Å²) in [7, 11) is 0. The zero-order valence-corrected chi connectivity index (χ0v) is 14.1. The van der Waals surface area contributed by atoms with E-state index in [4.69, 9.17) is 16.3 Å². The molecule has 0 saturated carbocycles. The zero-order chi connectivity index (χ0) is 16.9. The average molecular weight is 340 g/mol. The number of hydrogen-bond donors (Lipinski definition) is 1. The molecule has 0 fully saturated rings. The van der Waals surface area contributed by atoms with Gasteiger partial charge >= 0.3 is 0 Å². The van der Waals surface area contributed by atoms with Crippen LogP contribution >= 0.6 is 11.6 Å². The number of carbonyl (C=O) groups is 1. The minimum atomic E-state index is -0.620. The number of nitrogens with one attached hydrogen (secondary N) is 1. The Morgan fingerprint density at radius 2 is 1.75 bits per heavy atom. The molecule has 3 nitrogen and oxygen atoms in total. The molecule has 1 N–H and O–H groups in total. The van der Waals surface area contributed by atoms with Crippen LogP contribution in [0.15, 0.2) is 66.7 Å². The molecule has 0 aliphatic carbocycles. The molecule has 0 radical (unpaired) electrons. The lowest BCUT2D eigenvalue weighted by Crippen LogP contribution is -2.35. The molecule has 0 spiro atoms. The van der Waals surface area contributed by atoms with Gasteiger partial charge in [-0.05, 0) is 41.5 Å². The van der Waals surface area contributed by atoms with E-state index in [1.54, 1.807) is 19.1 Å². The van der Waals surface area contributed by atoms with Crippen molar-refractivity contribution >= 4 is 28.3 Å². The normalized spacial score (nSPS) is 11.9. The summed E-state index contributed by atoms with van der Waals surface area (Å²) < 4.78 is 5.62. The van der Waals surface area contributed by atoms with Crippen LogP contribution in [0.2, 0.25) is 5.02 Å². The third-order valence-electron chi connectivity index (χ3n) is 3.79. The Hall–Kier alpha value is -2.52. The summed E-state index contributed by atoms with van der Waals surface area (Å²) in [6.45, 7) is 2.17. The zero-order valence-electron chi connectivity index (χ0n) is 13.3. The van der Waals surface area contributed by atoms with Crippen LogP contribution in [-0.2, 0) is 11.3 Å². The van der Waals surface area contributed by atoms with Gasteiger partial charge in [0.15, 0.2) is 6.10 Å². The van der Waals surface area contributed by atoms with Crippen molar-refractivity contribution in [2.75, 3.05) is 0 Å².